The third-order valence-electron chi connectivity index (χ3n) is 7.14. The van der Waals surface area contributed by atoms with Crippen molar-refractivity contribution in [3.8, 4) is 17.0 Å². The van der Waals surface area contributed by atoms with E-state index in [0.29, 0.717) is 5.82 Å². The molecule has 0 radical (unpaired) electrons. The van der Waals surface area contributed by atoms with E-state index in [2.05, 4.69) is 9.97 Å². The topological polar surface area (TPSA) is 111 Å². The van der Waals surface area contributed by atoms with Gasteiger partial charge in [0, 0.05) is 25.4 Å². The SMILES string of the molecule is COC[C@@H](c1ccccc1)n1c(C2CCC2)nc(O)c(S(=O)(=O)c2ccc(-c3ccncc3C)cc2)c1=O. The molecule has 0 spiro atoms. The molecule has 0 amide bonds. The van der Waals surface area contributed by atoms with Crippen LogP contribution < -0.4 is 5.56 Å². The van der Waals surface area contributed by atoms with Crippen molar-refractivity contribution in [3.05, 3.63) is 100 Å². The molecule has 0 unspecified atom stereocenters. The Morgan fingerprint density at radius 3 is 2.39 bits per heavy atom. The fourth-order valence-corrected chi connectivity index (χ4v) is 6.24. The quantitative estimate of drug-likeness (QED) is 0.352. The highest BCUT2D eigenvalue weighted by Crippen LogP contribution is 2.38. The normalized spacial score (nSPS) is 14.7. The summed E-state index contributed by atoms with van der Waals surface area (Å²) >= 11 is 0. The van der Waals surface area contributed by atoms with Crippen LogP contribution in [0.15, 0.2) is 87.6 Å². The van der Waals surface area contributed by atoms with Gasteiger partial charge in [0.1, 0.15) is 5.82 Å². The zero-order valence-corrected chi connectivity index (χ0v) is 22.1. The zero-order chi connectivity index (χ0) is 26.9. The van der Waals surface area contributed by atoms with Gasteiger partial charge in [-0.25, -0.2) is 8.42 Å². The number of rotatable bonds is 8. The van der Waals surface area contributed by atoms with E-state index in [1.54, 1.807) is 24.5 Å². The number of aromatic hydroxyl groups is 1. The van der Waals surface area contributed by atoms with Crippen LogP contribution in [0.4, 0.5) is 0 Å². The second kappa shape index (κ2) is 10.5. The molecule has 196 valence electrons. The van der Waals surface area contributed by atoms with E-state index in [0.717, 1.165) is 41.5 Å². The first-order valence-corrected chi connectivity index (χ1v) is 14.0. The Labute approximate surface area is 221 Å². The molecule has 5 rings (SSSR count). The number of benzene rings is 2. The van der Waals surface area contributed by atoms with Gasteiger partial charge < -0.3 is 9.84 Å². The number of pyridine rings is 1. The van der Waals surface area contributed by atoms with E-state index >= 15 is 0 Å². The fourth-order valence-electron chi connectivity index (χ4n) is 4.89. The molecular weight excluding hydrogens is 502 g/mol. The largest absolute Gasteiger partial charge is 0.492 e. The molecule has 2 heterocycles. The van der Waals surface area contributed by atoms with Crippen molar-refractivity contribution in [3.63, 3.8) is 0 Å². The Morgan fingerprint density at radius 2 is 1.79 bits per heavy atom. The van der Waals surface area contributed by atoms with Crippen LogP contribution in [-0.4, -0.2) is 41.8 Å². The van der Waals surface area contributed by atoms with E-state index < -0.39 is 32.2 Å². The van der Waals surface area contributed by atoms with Crippen LogP contribution >= 0.6 is 0 Å². The van der Waals surface area contributed by atoms with Crippen LogP contribution in [0.2, 0.25) is 0 Å². The molecule has 2 aromatic carbocycles. The highest BCUT2D eigenvalue weighted by molar-refractivity contribution is 7.91. The first kappa shape index (κ1) is 25.8. The first-order chi connectivity index (χ1) is 18.3. The molecule has 2 aromatic heterocycles. The van der Waals surface area contributed by atoms with E-state index in [1.807, 2.05) is 43.3 Å². The predicted octanol–water partition coefficient (Wildman–Crippen LogP) is 4.66. The van der Waals surface area contributed by atoms with Crippen molar-refractivity contribution >= 4 is 9.84 Å². The van der Waals surface area contributed by atoms with Gasteiger partial charge in [-0.3, -0.25) is 14.3 Å². The molecular formula is C29H29N3O5S. The molecule has 1 aliphatic rings. The number of aryl methyl sites for hydroxylation is 1. The minimum absolute atomic E-state index is 0.0451. The maximum atomic E-state index is 14.0. The minimum Gasteiger partial charge on any atom is -0.492 e. The van der Waals surface area contributed by atoms with E-state index in [1.165, 1.54) is 23.8 Å². The molecule has 1 N–H and O–H groups in total. The lowest BCUT2D eigenvalue weighted by Gasteiger charge is -2.31. The van der Waals surface area contributed by atoms with Crippen LogP contribution in [0, 0.1) is 6.92 Å². The number of aromatic nitrogens is 3. The van der Waals surface area contributed by atoms with Gasteiger partial charge in [-0.2, -0.15) is 4.98 Å². The van der Waals surface area contributed by atoms with E-state index in [-0.39, 0.29) is 17.4 Å². The molecule has 9 heteroatoms. The van der Waals surface area contributed by atoms with Gasteiger partial charge in [0.05, 0.1) is 17.5 Å². The van der Waals surface area contributed by atoms with Gasteiger partial charge in [-0.05, 0) is 60.2 Å². The van der Waals surface area contributed by atoms with Crippen molar-refractivity contribution in [1.82, 2.24) is 14.5 Å². The Bertz CT molecular complexity index is 1610. The van der Waals surface area contributed by atoms with Crippen molar-refractivity contribution in [2.45, 2.75) is 47.9 Å². The summed E-state index contributed by atoms with van der Waals surface area (Å²) in [4.78, 5) is 21.6. The minimum atomic E-state index is -4.39. The summed E-state index contributed by atoms with van der Waals surface area (Å²) in [7, 11) is -2.86. The lowest BCUT2D eigenvalue weighted by atomic mass is 9.84. The summed E-state index contributed by atoms with van der Waals surface area (Å²) < 4.78 is 34.4. The van der Waals surface area contributed by atoms with Gasteiger partial charge >= 0.3 is 0 Å². The molecule has 0 saturated heterocycles. The Morgan fingerprint density at radius 1 is 1.08 bits per heavy atom. The number of ether oxygens (including phenoxy) is 1. The summed E-state index contributed by atoms with van der Waals surface area (Å²) in [5.41, 5.74) is 2.66. The Kier molecular flexibility index (Phi) is 7.14. The van der Waals surface area contributed by atoms with Crippen LogP contribution in [-0.2, 0) is 14.6 Å². The standard InChI is InChI=1S/C29H29N3O5S/c1-19-17-30-16-15-24(19)20-11-13-23(14-12-20)38(35,36)26-28(33)31-27(22-9-6-10-22)32(29(26)34)25(18-37-2)21-7-4-3-5-8-21/h3-5,7-8,11-17,22,25,33H,6,9-10,18H2,1-2H3/t25-/m0/s1. The van der Waals surface area contributed by atoms with Crippen molar-refractivity contribution < 1.29 is 18.3 Å². The molecule has 0 aliphatic heterocycles. The lowest BCUT2D eigenvalue weighted by Crippen LogP contribution is -2.37. The van der Waals surface area contributed by atoms with Crippen LogP contribution in [0.5, 0.6) is 5.88 Å². The number of sulfone groups is 1. The molecule has 1 atom stereocenters. The average molecular weight is 532 g/mol. The number of hydrogen-bond donors (Lipinski definition) is 1. The van der Waals surface area contributed by atoms with Crippen LogP contribution in [0.25, 0.3) is 11.1 Å². The summed E-state index contributed by atoms with van der Waals surface area (Å²) in [5.74, 6) is -0.435. The highest BCUT2D eigenvalue weighted by Gasteiger charge is 2.35. The summed E-state index contributed by atoms with van der Waals surface area (Å²) in [6.45, 7) is 2.06. The molecule has 38 heavy (non-hydrogen) atoms. The fraction of sp³-hybridized carbons (Fsp3) is 0.276. The first-order valence-electron chi connectivity index (χ1n) is 12.5. The molecule has 4 aromatic rings. The average Bonchev–Trinajstić information content (AvgIpc) is 2.88. The van der Waals surface area contributed by atoms with Crippen LogP contribution in [0.1, 0.15) is 48.2 Å². The van der Waals surface area contributed by atoms with Gasteiger partial charge in [-0.1, -0.05) is 48.9 Å². The lowest BCUT2D eigenvalue weighted by molar-refractivity contribution is 0.163. The van der Waals surface area contributed by atoms with Gasteiger partial charge in [0.2, 0.25) is 15.7 Å². The van der Waals surface area contributed by atoms with Gasteiger partial charge in [0.15, 0.2) is 4.90 Å². The second-order valence-electron chi connectivity index (χ2n) is 9.53. The van der Waals surface area contributed by atoms with E-state index in [9.17, 15) is 18.3 Å². The monoisotopic (exact) mass is 531 g/mol. The smallest absolute Gasteiger partial charge is 0.277 e. The molecule has 1 saturated carbocycles. The number of nitrogens with zero attached hydrogens (tertiary/aromatic N) is 3. The predicted molar refractivity (Wildman–Crippen MR) is 143 cm³/mol. The molecule has 0 bridgehead atoms. The third-order valence-corrected chi connectivity index (χ3v) is 8.93. The van der Waals surface area contributed by atoms with Gasteiger partial charge in [0.25, 0.3) is 5.56 Å². The van der Waals surface area contributed by atoms with Crippen molar-refractivity contribution in [1.29, 1.82) is 0 Å². The van der Waals surface area contributed by atoms with Crippen molar-refractivity contribution in [2.75, 3.05) is 13.7 Å². The summed E-state index contributed by atoms with van der Waals surface area (Å²) in [6, 6.07) is 16.8. The second-order valence-corrected chi connectivity index (χ2v) is 11.4. The van der Waals surface area contributed by atoms with Crippen LogP contribution in [0.3, 0.4) is 0 Å². The third kappa shape index (κ3) is 4.63. The number of methoxy groups -OCH3 is 1. The maximum Gasteiger partial charge on any atom is 0.277 e. The summed E-state index contributed by atoms with van der Waals surface area (Å²) in [6.07, 6.45) is 6.00. The molecule has 8 nitrogen and oxygen atoms in total. The Hall–Kier alpha value is -3.82. The number of hydrogen-bond acceptors (Lipinski definition) is 7. The highest BCUT2D eigenvalue weighted by atomic mass is 32.2. The molecule has 1 fully saturated rings. The summed E-state index contributed by atoms with van der Waals surface area (Å²) in [5, 5.41) is 10.9. The van der Waals surface area contributed by atoms with E-state index in [4.69, 9.17) is 4.74 Å². The zero-order valence-electron chi connectivity index (χ0n) is 21.2. The maximum absolute atomic E-state index is 14.0. The Balaban J connectivity index is 1.66. The van der Waals surface area contributed by atoms with Crippen molar-refractivity contribution in [2.24, 2.45) is 0 Å². The molecule has 1 aliphatic carbocycles. The van der Waals surface area contributed by atoms with Gasteiger partial charge in [-0.15, -0.1) is 0 Å².